The van der Waals surface area contributed by atoms with E-state index >= 15 is 0 Å². The van der Waals surface area contributed by atoms with Crippen LogP contribution in [-0.4, -0.2) is 7.05 Å². The normalized spacial score (nSPS) is 12.6. The molecule has 2 nitrogen and oxygen atoms in total. The summed E-state index contributed by atoms with van der Waals surface area (Å²) in [5.74, 6) is 0. The highest BCUT2D eigenvalue weighted by Crippen LogP contribution is 2.19. The maximum atomic E-state index is 5.09. The molecule has 0 amide bonds. The molecule has 15 heavy (non-hydrogen) atoms. The monoisotopic (exact) mass is 207 g/mol. The molecule has 0 fully saturated rings. The Morgan fingerprint density at radius 2 is 2.33 bits per heavy atom. The van der Waals surface area contributed by atoms with Crippen LogP contribution in [0.2, 0.25) is 0 Å². The summed E-state index contributed by atoms with van der Waals surface area (Å²) in [5.41, 5.74) is 1.25. The summed E-state index contributed by atoms with van der Waals surface area (Å²) < 4.78 is 5.09. The summed E-state index contributed by atoms with van der Waals surface area (Å²) in [4.78, 5) is 0. The molecule has 0 spiro atoms. The van der Waals surface area contributed by atoms with E-state index in [4.69, 9.17) is 4.42 Å². The summed E-state index contributed by atoms with van der Waals surface area (Å²) in [6, 6.07) is 2.47. The molecule has 0 aliphatic carbocycles. The molecule has 1 atom stereocenters. The topological polar surface area (TPSA) is 25.2 Å². The Labute approximate surface area is 92.4 Å². The molecule has 0 aliphatic rings. The summed E-state index contributed by atoms with van der Waals surface area (Å²) in [6.07, 6.45) is 11.6. The molecule has 0 saturated carbocycles. The van der Waals surface area contributed by atoms with Crippen LogP contribution in [0, 0.1) is 0 Å². The van der Waals surface area contributed by atoms with E-state index in [-0.39, 0.29) is 0 Å². The fraction of sp³-hybridized carbons (Fsp3) is 0.538. The van der Waals surface area contributed by atoms with E-state index in [0.29, 0.717) is 6.04 Å². The maximum absolute atomic E-state index is 5.09. The van der Waals surface area contributed by atoms with E-state index < -0.39 is 0 Å². The lowest BCUT2D eigenvalue weighted by atomic mass is 10.0. The quantitative estimate of drug-likeness (QED) is 0.519. The average molecular weight is 207 g/mol. The van der Waals surface area contributed by atoms with Gasteiger partial charge in [-0.2, -0.15) is 0 Å². The van der Waals surface area contributed by atoms with Crippen molar-refractivity contribution in [2.75, 3.05) is 7.05 Å². The number of hydrogen-bond donors (Lipinski definition) is 1. The average Bonchev–Trinajstić information content (AvgIpc) is 2.77. The van der Waals surface area contributed by atoms with Crippen LogP contribution >= 0.6 is 0 Å². The molecule has 1 N–H and O–H groups in total. The molecule has 1 rings (SSSR count). The SMILES string of the molecule is C=CCCCCCC(NC)c1ccoc1. The standard InChI is InChI=1S/C13H21NO/c1-3-4-5-6-7-8-13(14-2)12-9-10-15-11-12/h3,9-11,13-14H,1,4-8H2,2H3. The van der Waals surface area contributed by atoms with E-state index in [2.05, 4.69) is 11.9 Å². The van der Waals surface area contributed by atoms with Gasteiger partial charge in [-0.3, -0.25) is 0 Å². The molecule has 1 unspecified atom stereocenters. The minimum atomic E-state index is 0.437. The van der Waals surface area contributed by atoms with Crippen LogP contribution in [0.3, 0.4) is 0 Å². The fourth-order valence-electron chi connectivity index (χ4n) is 1.76. The molecule has 84 valence electrons. The number of furan rings is 1. The highest BCUT2D eigenvalue weighted by molar-refractivity contribution is 5.10. The van der Waals surface area contributed by atoms with E-state index in [1.165, 1.54) is 31.2 Å². The zero-order chi connectivity index (χ0) is 10.9. The molecule has 0 aliphatic heterocycles. The maximum Gasteiger partial charge on any atom is 0.0950 e. The number of unbranched alkanes of at least 4 members (excludes halogenated alkanes) is 3. The fourth-order valence-corrected chi connectivity index (χ4v) is 1.76. The van der Waals surface area contributed by atoms with E-state index in [9.17, 15) is 0 Å². The van der Waals surface area contributed by atoms with Gasteiger partial charge >= 0.3 is 0 Å². The van der Waals surface area contributed by atoms with Gasteiger partial charge in [0.15, 0.2) is 0 Å². The predicted molar refractivity (Wildman–Crippen MR) is 63.8 cm³/mol. The zero-order valence-electron chi connectivity index (χ0n) is 9.54. The van der Waals surface area contributed by atoms with Crippen LogP contribution in [0.5, 0.6) is 0 Å². The lowest BCUT2D eigenvalue weighted by Crippen LogP contribution is -2.15. The van der Waals surface area contributed by atoms with Crippen molar-refractivity contribution >= 4 is 0 Å². The van der Waals surface area contributed by atoms with Gasteiger partial charge in [0.25, 0.3) is 0 Å². The van der Waals surface area contributed by atoms with Gasteiger partial charge in [-0.05, 0) is 32.4 Å². The zero-order valence-corrected chi connectivity index (χ0v) is 9.54. The molecule has 1 aromatic heterocycles. The Hall–Kier alpha value is -1.02. The minimum absolute atomic E-state index is 0.437. The largest absolute Gasteiger partial charge is 0.472 e. The van der Waals surface area contributed by atoms with Crippen LogP contribution in [-0.2, 0) is 0 Å². The Morgan fingerprint density at radius 3 is 2.93 bits per heavy atom. The Balaban J connectivity index is 2.20. The molecule has 0 radical (unpaired) electrons. The van der Waals surface area contributed by atoms with Crippen LogP contribution < -0.4 is 5.32 Å². The first-order chi connectivity index (χ1) is 7.38. The summed E-state index contributed by atoms with van der Waals surface area (Å²) >= 11 is 0. The molecule has 2 heteroatoms. The molecule has 0 saturated heterocycles. The highest BCUT2D eigenvalue weighted by atomic mass is 16.3. The van der Waals surface area contributed by atoms with Crippen LogP contribution in [0.4, 0.5) is 0 Å². The van der Waals surface area contributed by atoms with Crippen molar-refractivity contribution in [1.29, 1.82) is 0 Å². The van der Waals surface area contributed by atoms with Crippen molar-refractivity contribution in [1.82, 2.24) is 5.32 Å². The van der Waals surface area contributed by atoms with Crippen molar-refractivity contribution in [2.24, 2.45) is 0 Å². The summed E-state index contributed by atoms with van der Waals surface area (Å²) in [7, 11) is 2.00. The van der Waals surface area contributed by atoms with Gasteiger partial charge in [-0.15, -0.1) is 6.58 Å². The Bertz CT molecular complexity index is 254. The Kier molecular flexibility index (Phi) is 5.86. The summed E-state index contributed by atoms with van der Waals surface area (Å²) in [5, 5.41) is 3.32. The molecule has 1 aromatic rings. The van der Waals surface area contributed by atoms with E-state index in [1.807, 2.05) is 25.5 Å². The lowest BCUT2D eigenvalue weighted by Gasteiger charge is -2.13. The predicted octanol–water partition coefficient (Wildman–Crippen LogP) is 3.68. The van der Waals surface area contributed by atoms with Gasteiger partial charge in [0, 0.05) is 11.6 Å². The van der Waals surface area contributed by atoms with Gasteiger partial charge in [-0.25, -0.2) is 0 Å². The third-order valence-corrected chi connectivity index (χ3v) is 2.70. The van der Waals surface area contributed by atoms with Crippen molar-refractivity contribution in [2.45, 2.75) is 38.1 Å². The lowest BCUT2D eigenvalue weighted by molar-refractivity contribution is 0.496. The van der Waals surface area contributed by atoms with E-state index in [1.54, 1.807) is 6.26 Å². The highest BCUT2D eigenvalue weighted by Gasteiger charge is 2.09. The van der Waals surface area contributed by atoms with Gasteiger partial charge in [0.1, 0.15) is 0 Å². The van der Waals surface area contributed by atoms with Crippen LogP contribution in [0.1, 0.15) is 43.7 Å². The third kappa shape index (κ3) is 4.34. The van der Waals surface area contributed by atoms with Gasteiger partial charge in [0.05, 0.1) is 12.5 Å². The summed E-state index contributed by atoms with van der Waals surface area (Å²) in [6.45, 7) is 3.73. The second kappa shape index (κ2) is 7.30. The number of nitrogens with one attached hydrogen (secondary N) is 1. The van der Waals surface area contributed by atoms with Crippen molar-refractivity contribution in [3.05, 3.63) is 36.8 Å². The molecule has 0 aromatic carbocycles. The van der Waals surface area contributed by atoms with Crippen LogP contribution in [0.25, 0.3) is 0 Å². The van der Waals surface area contributed by atoms with Crippen molar-refractivity contribution < 1.29 is 4.42 Å². The first-order valence-corrected chi connectivity index (χ1v) is 5.68. The van der Waals surface area contributed by atoms with Crippen molar-refractivity contribution in [3.8, 4) is 0 Å². The minimum Gasteiger partial charge on any atom is -0.472 e. The van der Waals surface area contributed by atoms with Gasteiger partial charge < -0.3 is 9.73 Å². The number of hydrogen-bond acceptors (Lipinski definition) is 2. The van der Waals surface area contributed by atoms with Crippen molar-refractivity contribution in [3.63, 3.8) is 0 Å². The van der Waals surface area contributed by atoms with Gasteiger partial charge in [-0.1, -0.05) is 18.9 Å². The molecular weight excluding hydrogens is 186 g/mol. The second-order valence-electron chi connectivity index (χ2n) is 3.82. The first-order valence-electron chi connectivity index (χ1n) is 5.68. The first kappa shape index (κ1) is 12.1. The Morgan fingerprint density at radius 1 is 1.47 bits per heavy atom. The van der Waals surface area contributed by atoms with E-state index in [0.717, 1.165) is 6.42 Å². The van der Waals surface area contributed by atoms with Crippen LogP contribution in [0.15, 0.2) is 35.7 Å². The smallest absolute Gasteiger partial charge is 0.0950 e. The number of allylic oxidation sites excluding steroid dienone is 1. The third-order valence-electron chi connectivity index (χ3n) is 2.70. The number of rotatable bonds is 8. The molecule has 1 heterocycles. The molecule has 0 bridgehead atoms. The molecular formula is C13H21NO. The second-order valence-corrected chi connectivity index (χ2v) is 3.82. The van der Waals surface area contributed by atoms with Gasteiger partial charge in [0.2, 0.25) is 0 Å².